The molecule has 0 spiro atoms. The Bertz CT molecular complexity index is 583. The quantitative estimate of drug-likeness (QED) is 0.570. The summed E-state index contributed by atoms with van der Waals surface area (Å²) < 4.78 is 23.6. The van der Waals surface area contributed by atoms with Gasteiger partial charge < -0.3 is 11.1 Å². The number of benzene rings is 1. The molecule has 0 aliphatic rings. The molecule has 0 saturated carbocycles. The predicted octanol–water partition coefficient (Wildman–Crippen LogP) is 2.51. The first-order valence-corrected chi connectivity index (χ1v) is 9.02. The molecule has 3 N–H and O–H groups in total. The number of carbonyl (C=O) groups is 1. The Hall–Kier alpha value is -1.56. The fraction of sp³-hybridized carbons (Fsp3) is 0.533. The standard InChI is InChI=1S/C15H24N2O3S/c1-3-4-5-9-21(19,20)10-8-15(18)17-14-7-6-13(16)11-12(14)2/h6-7,11H,3-5,8-10,16H2,1-2H3,(H,17,18). The lowest BCUT2D eigenvalue weighted by atomic mass is 10.2. The lowest BCUT2D eigenvalue weighted by Gasteiger charge is -2.09. The summed E-state index contributed by atoms with van der Waals surface area (Å²) in [6, 6.07) is 5.18. The molecule has 1 amide bonds. The number of hydrogen-bond donors (Lipinski definition) is 2. The van der Waals surface area contributed by atoms with Crippen molar-refractivity contribution in [2.45, 2.75) is 39.5 Å². The normalized spacial score (nSPS) is 11.3. The zero-order chi connectivity index (χ0) is 15.9. The van der Waals surface area contributed by atoms with Crippen LogP contribution in [0.5, 0.6) is 0 Å². The highest BCUT2D eigenvalue weighted by atomic mass is 32.2. The van der Waals surface area contributed by atoms with Crippen LogP contribution < -0.4 is 11.1 Å². The molecule has 0 unspecified atom stereocenters. The third-order valence-electron chi connectivity index (χ3n) is 3.22. The van der Waals surface area contributed by atoms with Crippen molar-refractivity contribution in [2.75, 3.05) is 22.6 Å². The van der Waals surface area contributed by atoms with Gasteiger partial charge in [-0.3, -0.25) is 4.79 Å². The summed E-state index contributed by atoms with van der Waals surface area (Å²) >= 11 is 0. The molecule has 0 aliphatic heterocycles. The van der Waals surface area contributed by atoms with Gasteiger partial charge in [0.15, 0.2) is 9.84 Å². The first kappa shape index (κ1) is 17.5. The van der Waals surface area contributed by atoms with Crippen LogP contribution in [-0.2, 0) is 14.6 Å². The van der Waals surface area contributed by atoms with Crippen LogP contribution in [0.1, 0.15) is 38.2 Å². The van der Waals surface area contributed by atoms with Crippen LogP contribution in [0.4, 0.5) is 11.4 Å². The first-order chi connectivity index (χ1) is 9.84. The molecule has 0 heterocycles. The first-order valence-electron chi connectivity index (χ1n) is 7.20. The number of aryl methyl sites for hydroxylation is 1. The van der Waals surface area contributed by atoms with Gasteiger partial charge in [0, 0.05) is 17.8 Å². The van der Waals surface area contributed by atoms with Crippen LogP contribution in [0.15, 0.2) is 18.2 Å². The summed E-state index contributed by atoms with van der Waals surface area (Å²) in [5, 5.41) is 2.72. The van der Waals surface area contributed by atoms with Gasteiger partial charge in [-0.1, -0.05) is 19.8 Å². The number of anilines is 2. The van der Waals surface area contributed by atoms with E-state index in [-0.39, 0.29) is 23.8 Å². The van der Waals surface area contributed by atoms with Crippen molar-refractivity contribution in [1.82, 2.24) is 0 Å². The molecular formula is C15H24N2O3S. The van der Waals surface area contributed by atoms with Crippen molar-refractivity contribution >= 4 is 27.1 Å². The average molecular weight is 312 g/mol. The topological polar surface area (TPSA) is 89.3 Å². The monoisotopic (exact) mass is 312 g/mol. The highest BCUT2D eigenvalue weighted by Crippen LogP contribution is 2.17. The number of unbranched alkanes of at least 4 members (excludes halogenated alkanes) is 2. The van der Waals surface area contributed by atoms with Gasteiger partial charge in [-0.05, 0) is 37.1 Å². The highest BCUT2D eigenvalue weighted by molar-refractivity contribution is 7.91. The maximum absolute atomic E-state index is 11.8. The van der Waals surface area contributed by atoms with Crippen LogP contribution in [0.25, 0.3) is 0 Å². The van der Waals surface area contributed by atoms with Gasteiger partial charge in [-0.25, -0.2) is 8.42 Å². The van der Waals surface area contributed by atoms with Crippen LogP contribution >= 0.6 is 0 Å². The fourth-order valence-corrected chi connectivity index (χ4v) is 3.31. The SMILES string of the molecule is CCCCCS(=O)(=O)CCC(=O)Nc1ccc(N)cc1C. The molecule has 0 fully saturated rings. The van der Waals surface area contributed by atoms with Crippen molar-refractivity contribution < 1.29 is 13.2 Å². The zero-order valence-corrected chi connectivity index (χ0v) is 13.5. The second-order valence-corrected chi connectivity index (χ2v) is 7.54. The van der Waals surface area contributed by atoms with Gasteiger partial charge >= 0.3 is 0 Å². The Morgan fingerprint density at radius 2 is 1.95 bits per heavy atom. The fourth-order valence-electron chi connectivity index (χ4n) is 1.96. The highest BCUT2D eigenvalue weighted by Gasteiger charge is 2.13. The lowest BCUT2D eigenvalue weighted by molar-refractivity contribution is -0.115. The molecule has 118 valence electrons. The van der Waals surface area contributed by atoms with Gasteiger partial charge in [0.05, 0.1) is 11.5 Å². The van der Waals surface area contributed by atoms with Crippen LogP contribution in [-0.4, -0.2) is 25.8 Å². The van der Waals surface area contributed by atoms with Crippen molar-refractivity contribution in [3.8, 4) is 0 Å². The number of rotatable bonds is 8. The molecule has 0 aliphatic carbocycles. The maximum atomic E-state index is 11.8. The molecule has 21 heavy (non-hydrogen) atoms. The van der Waals surface area contributed by atoms with E-state index in [0.29, 0.717) is 17.8 Å². The number of nitrogens with two attached hydrogens (primary N) is 1. The van der Waals surface area contributed by atoms with E-state index in [1.54, 1.807) is 18.2 Å². The second kappa shape index (κ2) is 8.02. The maximum Gasteiger partial charge on any atom is 0.225 e. The van der Waals surface area contributed by atoms with E-state index in [0.717, 1.165) is 18.4 Å². The van der Waals surface area contributed by atoms with E-state index >= 15 is 0 Å². The third kappa shape index (κ3) is 6.62. The van der Waals surface area contributed by atoms with E-state index < -0.39 is 9.84 Å². The van der Waals surface area contributed by atoms with E-state index in [2.05, 4.69) is 5.32 Å². The van der Waals surface area contributed by atoms with Crippen LogP contribution in [0.3, 0.4) is 0 Å². The molecule has 0 saturated heterocycles. The summed E-state index contributed by atoms with van der Waals surface area (Å²) in [4.78, 5) is 11.8. The minimum absolute atomic E-state index is 0.0156. The molecule has 0 atom stereocenters. The van der Waals surface area contributed by atoms with Crippen molar-refractivity contribution in [3.63, 3.8) is 0 Å². The molecule has 5 nitrogen and oxygen atoms in total. The molecule has 0 radical (unpaired) electrons. The molecule has 1 rings (SSSR count). The van der Waals surface area contributed by atoms with Gasteiger partial charge in [0.25, 0.3) is 0 Å². The molecular weight excluding hydrogens is 288 g/mol. The van der Waals surface area contributed by atoms with Crippen molar-refractivity contribution in [1.29, 1.82) is 0 Å². The van der Waals surface area contributed by atoms with Crippen molar-refractivity contribution in [2.24, 2.45) is 0 Å². The molecule has 0 aromatic heterocycles. The minimum atomic E-state index is -3.14. The summed E-state index contributed by atoms with van der Waals surface area (Å²) in [6.07, 6.45) is 2.53. The lowest BCUT2D eigenvalue weighted by Crippen LogP contribution is -2.19. The number of amides is 1. The second-order valence-electron chi connectivity index (χ2n) is 5.23. The van der Waals surface area contributed by atoms with E-state index in [4.69, 9.17) is 5.73 Å². The van der Waals surface area contributed by atoms with E-state index in [1.807, 2.05) is 13.8 Å². The van der Waals surface area contributed by atoms with Gasteiger partial charge in [0.2, 0.25) is 5.91 Å². The van der Waals surface area contributed by atoms with E-state index in [9.17, 15) is 13.2 Å². The molecule has 1 aromatic carbocycles. The van der Waals surface area contributed by atoms with Gasteiger partial charge in [-0.15, -0.1) is 0 Å². The largest absolute Gasteiger partial charge is 0.399 e. The third-order valence-corrected chi connectivity index (χ3v) is 4.96. The number of sulfone groups is 1. The molecule has 1 aromatic rings. The predicted molar refractivity (Wildman–Crippen MR) is 87.0 cm³/mol. The smallest absolute Gasteiger partial charge is 0.225 e. The minimum Gasteiger partial charge on any atom is -0.399 e. The number of hydrogen-bond acceptors (Lipinski definition) is 4. The summed E-state index contributed by atoms with van der Waals surface area (Å²) in [6.45, 7) is 3.86. The van der Waals surface area contributed by atoms with Gasteiger partial charge in [-0.2, -0.15) is 0 Å². The zero-order valence-electron chi connectivity index (χ0n) is 12.7. The summed E-state index contributed by atoms with van der Waals surface area (Å²) in [5.74, 6) is -0.229. The number of carbonyl (C=O) groups excluding carboxylic acids is 1. The summed E-state index contributed by atoms with van der Waals surface area (Å²) in [5.41, 5.74) is 7.79. The summed E-state index contributed by atoms with van der Waals surface area (Å²) in [7, 11) is -3.14. The Morgan fingerprint density at radius 3 is 2.57 bits per heavy atom. The Morgan fingerprint density at radius 1 is 1.24 bits per heavy atom. The average Bonchev–Trinajstić information content (AvgIpc) is 2.40. The Labute approximate surface area is 126 Å². The van der Waals surface area contributed by atoms with Crippen LogP contribution in [0.2, 0.25) is 0 Å². The Kier molecular flexibility index (Phi) is 6.68. The Balaban J connectivity index is 2.47. The number of nitrogen functional groups attached to an aromatic ring is 1. The van der Waals surface area contributed by atoms with Gasteiger partial charge in [0.1, 0.15) is 0 Å². The van der Waals surface area contributed by atoms with Crippen LogP contribution in [0, 0.1) is 6.92 Å². The number of nitrogens with one attached hydrogen (secondary N) is 1. The molecule has 0 bridgehead atoms. The van der Waals surface area contributed by atoms with Crippen molar-refractivity contribution in [3.05, 3.63) is 23.8 Å². The molecule has 6 heteroatoms. The van der Waals surface area contributed by atoms with E-state index in [1.165, 1.54) is 0 Å².